The summed E-state index contributed by atoms with van der Waals surface area (Å²) >= 11 is 0. The average molecular weight is 292 g/mol. The first-order valence-corrected chi connectivity index (χ1v) is 6.75. The molecule has 22 heavy (non-hydrogen) atoms. The lowest BCUT2D eigenvalue weighted by Gasteiger charge is -2.05. The second kappa shape index (κ2) is 3.51. The van der Waals surface area contributed by atoms with Gasteiger partial charge < -0.3 is 15.3 Å². The van der Waals surface area contributed by atoms with Crippen LogP contribution in [0.25, 0.3) is 21.9 Å². The average Bonchev–Trinajstić information content (AvgIpc) is 3.17. The van der Waals surface area contributed by atoms with Crippen LogP contribution in [0, 0.1) is 0 Å². The lowest BCUT2D eigenvalue weighted by atomic mass is 9.94. The number of hydrogen-bond acceptors (Lipinski definition) is 4. The minimum Gasteiger partial charge on any atom is -0.349 e. The molecule has 0 fully saturated rings. The van der Waals surface area contributed by atoms with E-state index in [1.54, 1.807) is 0 Å². The molecule has 0 radical (unpaired) electrons. The lowest BCUT2D eigenvalue weighted by Crippen LogP contribution is -2.12. The lowest BCUT2D eigenvalue weighted by molar-refractivity contribution is 0.0966. The van der Waals surface area contributed by atoms with E-state index in [4.69, 9.17) is 0 Å². The molecular formula is C15H8N4O3. The predicted octanol–water partition coefficient (Wildman–Crippen LogP) is 1.22. The molecule has 7 nitrogen and oxygen atoms in total. The number of amides is 1. The number of nitrogens with zero attached hydrogens (tertiary/aromatic N) is 1. The SMILES string of the molecule is O=C1C=CC(=O)c2c1[nH]c1c2c2c(c3nc[nH]c31)C(=O)NC2. The summed E-state index contributed by atoms with van der Waals surface area (Å²) in [6.45, 7) is 0.322. The molecule has 3 heterocycles. The van der Waals surface area contributed by atoms with E-state index in [0.29, 0.717) is 45.2 Å². The number of aromatic nitrogens is 3. The van der Waals surface area contributed by atoms with Crippen LogP contribution in [0.2, 0.25) is 0 Å². The molecule has 1 aliphatic heterocycles. The van der Waals surface area contributed by atoms with Crippen LogP contribution >= 0.6 is 0 Å². The van der Waals surface area contributed by atoms with Crippen molar-refractivity contribution in [3.8, 4) is 0 Å². The summed E-state index contributed by atoms with van der Waals surface area (Å²) in [6.07, 6.45) is 4.03. The number of benzene rings is 1. The molecule has 1 aromatic carbocycles. The van der Waals surface area contributed by atoms with Crippen molar-refractivity contribution in [3.63, 3.8) is 0 Å². The fourth-order valence-electron chi connectivity index (χ4n) is 3.36. The highest BCUT2D eigenvalue weighted by molar-refractivity contribution is 6.30. The third-order valence-corrected chi connectivity index (χ3v) is 4.26. The number of rotatable bonds is 0. The summed E-state index contributed by atoms with van der Waals surface area (Å²) in [6, 6.07) is 0. The molecule has 0 bridgehead atoms. The molecule has 0 spiro atoms. The molecule has 5 rings (SSSR count). The number of nitrogens with one attached hydrogen (secondary N) is 3. The summed E-state index contributed by atoms with van der Waals surface area (Å²) in [7, 11) is 0. The van der Waals surface area contributed by atoms with E-state index < -0.39 is 0 Å². The Balaban J connectivity index is 2.09. The molecule has 2 aliphatic rings. The number of carbonyl (C=O) groups excluding carboxylic acids is 3. The predicted molar refractivity (Wildman–Crippen MR) is 76.9 cm³/mol. The van der Waals surface area contributed by atoms with Crippen molar-refractivity contribution in [3.05, 3.63) is 40.9 Å². The molecule has 0 unspecified atom stereocenters. The fourth-order valence-corrected chi connectivity index (χ4v) is 3.36. The fraction of sp³-hybridized carbons (Fsp3) is 0.0667. The Kier molecular flexibility index (Phi) is 1.82. The third-order valence-electron chi connectivity index (χ3n) is 4.26. The first-order valence-electron chi connectivity index (χ1n) is 6.75. The van der Waals surface area contributed by atoms with Gasteiger partial charge in [0.1, 0.15) is 5.52 Å². The first kappa shape index (κ1) is 11.4. The summed E-state index contributed by atoms with van der Waals surface area (Å²) in [5, 5.41) is 3.39. The molecule has 1 aliphatic carbocycles. The van der Waals surface area contributed by atoms with E-state index in [9.17, 15) is 14.4 Å². The third kappa shape index (κ3) is 1.13. The van der Waals surface area contributed by atoms with Gasteiger partial charge >= 0.3 is 0 Å². The van der Waals surface area contributed by atoms with Gasteiger partial charge in [0.05, 0.1) is 34.2 Å². The van der Waals surface area contributed by atoms with E-state index in [1.165, 1.54) is 18.5 Å². The molecule has 0 atom stereocenters. The first-order chi connectivity index (χ1) is 10.7. The van der Waals surface area contributed by atoms with Gasteiger partial charge in [0.15, 0.2) is 5.78 Å². The smallest absolute Gasteiger partial charge is 0.254 e. The van der Waals surface area contributed by atoms with Crippen LogP contribution in [-0.4, -0.2) is 32.4 Å². The van der Waals surface area contributed by atoms with Gasteiger partial charge in [0, 0.05) is 11.9 Å². The zero-order chi connectivity index (χ0) is 15.0. The van der Waals surface area contributed by atoms with E-state index in [1.807, 2.05) is 0 Å². The van der Waals surface area contributed by atoms with Crippen LogP contribution in [-0.2, 0) is 6.54 Å². The summed E-state index contributed by atoms with van der Waals surface area (Å²) < 4.78 is 0. The minimum absolute atomic E-state index is 0.214. The molecule has 0 saturated heterocycles. The van der Waals surface area contributed by atoms with E-state index in [0.717, 1.165) is 0 Å². The maximum Gasteiger partial charge on any atom is 0.254 e. The van der Waals surface area contributed by atoms with Crippen molar-refractivity contribution in [2.45, 2.75) is 6.54 Å². The van der Waals surface area contributed by atoms with Crippen molar-refractivity contribution >= 4 is 39.4 Å². The van der Waals surface area contributed by atoms with Crippen LogP contribution in [0.15, 0.2) is 18.5 Å². The van der Waals surface area contributed by atoms with Gasteiger partial charge in [-0.05, 0) is 17.7 Å². The monoisotopic (exact) mass is 292 g/mol. The zero-order valence-corrected chi connectivity index (χ0v) is 11.1. The Morgan fingerprint density at radius 3 is 2.68 bits per heavy atom. The summed E-state index contributed by atoms with van der Waals surface area (Å²) in [5.74, 6) is -0.695. The van der Waals surface area contributed by atoms with Crippen molar-refractivity contribution in [2.75, 3.05) is 0 Å². The number of allylic oxidation sites excluding steroid dienone is 2. The number of carbonyl (C=O) groups is 3. The minimum atomic E-state index is -0.246. The number of imidazole rings is 1. The quantitative estimate of drug-likeness (QED) is 0.579. The van der Waals surface area contributed by atoms with Crippen molar-refractivity contribution in [2.24, 2.45) is 0 Å². The van der Waals surface area contributed by atoms with Gasteiger partial charge in [-0.3, -0.25) is 14.4 Å². The molecule has 3 aromatic rings. The zero-order valence-electron chi connectivity index (χ0n) is 11.1. The van der Waals surface area contributed by atoms with Crippen LogP contribution in [0.4, 0.5) is 0 Å². The molecule has 7 heteroatoms. The Hall–Kier alpha value is -3.22. The van der Waals surface area contributed by atoms with Crippen LogP contribution < -0.4 is 5.32 Å². The van der Waals surface area contributed by atoms with Gasteiger partial charge in [0.25, 0.3) is 5.91 Å². The maximum atomic E-state index is 12.3. The van der Waals surface area contributed by atoms with Crippen molar-refractivity contribution in [1.82, 2.24) is 20.3 Å². The standard InChI is InChI=1S/C15H8N4O3/c20-6-1-2-7(21)11-10(6)8-5-3-16-15(22)9(5)12-14(13(8)19-11)18-4-17-12/h1-2,4,19H,3H2,(H,16,22)(H,17,18). The van der Waals surface area contributed by atoms with Gasteiger partial charge in [0.2, 0.25) is 5.78 Å². The second-order valence-electron chi connectivity index (χ2n) is 5.35. The Morgan fingerprint density at radius 2 is 1.82 bits per heavy atom. The van der Waals surface area contributed by atoms with Crippen LogP contribution in [0.1, 0.15) is 36.8 Å². The van der Waals surface area contributed by atoms with Gasteiger partial charge in [-0.2, -0.15) is 0 Å². The van der Waals surface area contributed by atoms with E-state index >= 15 is 0 Å². The molecule has 2 aromatic heterocycles. The van der Waals surface area contributed by atoms with Gasteiger partial charge in [-0.1, -0.05) is 0 Å². The highest BCUT2D eigenvalue weighted by Crippen LogP contribution is 2.38. The number of fused-ring (bicyclic) bond motifs is 8. The molecule has 106 valence electrons. The summed E-state index contributed by atoms with van der Waals surface area (Å²) in [5.41, 5.74) is 3.61. The largest absolute Gasteiger partial charge is 0.349 e. The van der Waals surface area contributed by atoms with Gasteiger partial charge in [-0.25, -0.2) is 4.98 Å². The van der Waals surface area contributed by atoms with Crippen molar-refractivity contribution in [1.29, 1.82) is 0 Å². The molecule has 3 N–H and O–H groups in total. The topological polar surface area (TPSA) is 108 Å². The van der Waals surface area contributed by atoms with Gasteiger partial charge in [-0.15, -0.1) is 0 Å². The Labute approximate surface area is 122 Å². The Bertz CT molecular complexity index is 1080. The second-order valence-corrected chi connectivity index (χ2v) is 5.35. The van der Waals surface area contributed by atoms with Crippen LogP contribution in [0.5, 0.6) is 0 Å². The van der Waals surface area contributed by atoms with Crippen molar-refractivity contribution < 1.29 is 14.4 Å². The number of ketones is 2. The van der Waals surface area contributed by atoms with E-state index in [2.05, 4.69) is 20.3 Å². The number of aromatic amines is 2. The normalized spacial score (nSPS) is 16.5. The molecular weight excluding hydrogens is 284 g/mol. The number of hydrogen-bond donors (Lipinski definition) is 3. The van der Waals surface area contributed by atoms with Crippen LogP contribution in [0.3, 0.4) is 0 Å². The highest BCUT2D eigenvalue weighted by atomic mass is 16.2. The maximum absolute atomic E-state index is 12.3. The highest BCUT2D eigenvalue weighted by Gasteiger charge is 2.33. The van der Waals surface area contributed by atoms with E-state index in [-0.39, 0.29) is 23.2 Å². The summed E-state index contributed by atoms with van der Waals surface area (Å²) in [4.78, 5) is 46.7. The Morgan fingerprint density at radius 1 is 1.00 bits per heavy atom. The number of H-pyrrole nitrogens is 2. The molecule has 0 saturated carbocycles. The molecule has 1 amide bonds.